The second-order valence-electron chi connectivity index (χ2n) is 4.92. The van der Waals surface area contributed by atoms with E-state index in [9.17, 15) is 0 Å². The number of nitrogens with zero attached hydrogens (tertiary/aromatic N) is 1. The number of rotatable bonds is 7. The van der Waals surface area contributed by atoms with E-state index in [1.54, 1.807) is 0 Å². The normalized spacial score (nSPS) is 12.5. The van der Waals surface area contributed by atoms with E-state index in [0.29, 0.717) is 6.04 Å². The molecule has 0 fully saturated rings. The Hall–Kier alpha value is -1.61. The molecule has 2 aromatic rings. The number of aryl methyl sites for hydroxylation is 1. The van der Waals surface area contributed by atoms with E-state index in [2.05, 4.69) is 47.7 Å². The molecule has 1 aromatic heterocycles. The molecule has 3 heteroatoms. The largest absolute Gasteiger partial charge is 0.361 e. The van der Waals surface area contributed by atoms with Crippen molar-refractivity contribution in [3.8, 4) is 0 Å². The lowest BCUT2D eigenvalue weighted by molar-refractivity contribution is 0.383. The molecule has 19 heavy (non-hydrogen) atoms. The van der Waals surface area contributed by atoms with Crippen LogP contribution in [0.4, 0.5) is 0 Å². The Bertz CT molecular complexity index is 479. The molecule has 0 aliphatic rings. The Balaban J connectivity index is 1.97. The molecule has 102 valence electrons. The van der Waals surface area contributed by atoms with Crippen LogP contribution in [0.3, 0.4) is 0 Å². The number of hydrogen-bond donors (Lipinski definition) is 1. The molecular weight excluding hydrogens is 236 g/mol. The Labute approximate surface area is 115 Å². The van der Waals surface area contributed by atoms with Crippen LogP contribution in [-0.4, -0.2) is 5.16 Å². The fourth-order valence-corrected chi connectivity index (χ4v) is 2.21. The van der Waals surface area contributed by atoms with E-state index in [-0.39, 0.29) is 0 Å². The average Bonchev–Trinajstić information content (AvgIpc) is 2.86. The van der Waals surface area contributed by atoms with Crippen LogP contribution in [0, 0.1) is 6.92 Å². The van der Waals surface area contributed by atoms with Crippen LogP contribution >= 0.6 is 0 Å². The number of aromatic nitrogens is 1. The Morgan fingerprint density at radius 3 is 2.68 bits per heavy atom. The van der Waals surface area contributed by atoms with Gasteiger partial charge in [0.05, 0.1) is 5.69 Å². The summed E-state index contributed by atoms with van der Waals surface area (Å²) >= 11 is 0. The van der Waals surface area contributed by atoms with E-state index < -0.39 is 0 Å². The fraction of sp³-hybridized carbons (Fsp3) is 0.438. The van der Waals surface area contributed by atoms with Gasteiger partial charge in [-0.05, 0) is 18.9 Å². The molecule has 0 radical (unpaired) electrons. The zero-order chi connectivity index (χ0) is 13.5. The number of hydrogen-bond acceptors (Lipinski definition) is 3. The fourth-order valence-electron chi connectivity index (χ4n) is 2.21. The summed E-state index contributed by atoms with van der Waals surface area (Å²) in [4.78, 5) is 0. The summed E-state index contributed by atoms with van der Waals surface area (Å²) in [6.07, 6.45) is 3.59. The maximum Gasteiger partial charge on any atom is 0.133 e. The molecule has 1 atom stereocenters. The van der Waals surface area contributed by atoms with Crippen LogP contribution in [0.1, 0.15) is 49.2 Å². The van der Waals surface area contributed by atoms with Crippen molar-refractivity contribution in [1.29, 1.82) is 0 Å². The summed E-state index contributed by atoms with van der Waals surface area (Å²) in [5, 5.41) is 7.60. The number of benzene rings is 1. The summed E-state index contributed by atoms with van der Waals surface area (Å²) in [6, 6.07) is 13.0. The first-order valence-corrected chi connectivity index (χ1v) is 7.00. The van der Waals surface area contributed by atoms with Gasteiger partial charge in [-0.3, -0.25) is 0 Å². The van der Waals surface area contributed by atoms with E-state index >= 15 is 0 Å². The topological polar surface area (TPSA) is 38.1 Å². The van der Waals surface area contributed by atoms with Crippen molar-refractivity contribution < 1.29 is 4.52 Å². The minimum Gasteiger partial charge on any atom is -0.361 e. The minimum atomic E-state index is 0.387. The van der Waals surface area contributed by atoms with Crippen LogP contribution in [-0.2, 0) is 6.54 Å². The van der Waals surface area contributed by atoms with Crippen LogP contribution < -0.4 is 5.32 Å². The van der Waals surface area contributed by atoms with Crippen LogP contribution in [0.15, 0.2) is 40.9 Å². The van der Waals surface area contributed by atoms with Gasteiger partial charge < -0.3 is 9.84 Å². The van der Waals surface area contributed by atoms with Crippen molar-refractivity contribution in [3.05, 3.63) is 53.4 Å². The lowest BCUT2D eigenvalue weighted by Crippen LogP contribution is -2.21. The molecule has 0 amide bonds. The molecule has 0 saturated heterocycles. The molecule has 2 rings (SSSR count). The van der Waals surface area contributed by atoms with Gasteiger partial charge in [0.25, 0.3) is 0 Å². The standard InChI is InChI=1S/C16H22N2O/c1-3-4-10-16(14-8-6-5-7-9-14)17-12-15-11-13(2)19-18-15/h5-9,11,16-17H,3-4,10,12H2,1-2H3. The maximum absolute atomic E-state index is 5.09. The first kappa shape index (κ1) is 13.8. The first-order chi connectivity index (χ1) is 9.29. The smallest absolute Gasteiger partial charge is 0.133 e. The van der Waals surface area contributed by atoms with Gasteiger partial charge in [-0.25, -0.2) is 0 Å². The molecule has 0 aliphatic heterocycles. The Kier molecular flexibility index (Phi) is 5.16. The van der Waals surface area contributed by atoms with Gasteiger partial charge in [0, 0.05) is 18.7 Å². The van der Waals surface area contributed by atoms with Gasteiger partial charge >= 0.3 is 0 Å². The maximum atomic E-state index is 5.09. The summed E-state index contributed by atoms with van der Waals surface area (Å²) < 4.78 is 5.09. The molecule has 0 aliphatic carbocycles. The van der Waals surface area contributed by atoms with E-state index in [1.165, 1.54) is 18.4 Å². The zero-order valence-corrected chi connectivity index (χ0v) is 11.7. The Morgan fingerprint density at radius 1 is 1.26 bits per heavy atom. The first-order valence-electron chi connectivity index (χ1n) is 7.00. The summed E-state index contributed by atoms with van der Waals surface area (Å²) in [6.45, 7) is 4.89. The monoisotopic (exact) mass is 258 g/mol. The van der Waals surface area contributed by atoms with E-state index in [0.717, 1.165) is 24.4 Å². The number of nitrogens with one attached hydrogen (secondary N) is 1. The minimum absolute atomic E-state index is 0.387. The number of unbranched alkanes of at least 4 members (excludes halogenated alkanes) is 1. The van der Waals surface area contributed by atoms with Crippen molar-refractivity contribution in [3.63, 3.8) is 0 Å². The molecule has 3 nitrogen and oxygen atoms in total. The molecule has 1 unspecified atom stereocenters. The van der Waals surface area contributed by atoms with Crippen molar-refractivity contribution in [2.24, 2.45) is 0 Å². The highest BCUT2D eigenvalue weighted by molar-refractivity contribution is 5.19. The van der Waals surface area contributed by atoms with Crippen LogP contribution in [0.25, 0.3) is 0 Å². The zero-order valence-electron chi connectivity index (χ0n) is 11.7. The highest BCUT2D eigenvalue weighted by Crippen LogP contribution is 2.19. The lowest BCUT2D eigenvalue weighted by Gasteiger charge is -2.18. The molecule has 1 aromatic carbocycles. The third-order valence-corrected chi connectivity index (χ3v) is 3.25. The molecule has 0 spiro atoms. The van der Waals surface area contributed by atoms with Gasteiger partial charge in [0.15, 0.2) is 0 Å². The van der Waals surface area contributed by atoms with Crippen LogP contribution in [0.2, 0.25) is 0 Å². The van der Waals surface area contributed by atoms with Crippen molar-refractivity contribution in [1.82, 2.24) is 10.5 Å². The van der Waals surface area contributed by atoms with E-state index in [4.69, 9.17) is 4.52 Å². The average molecular weight is 258 g/mol. The third-order valence-electron chi connectivity index (χ3n) is 3.25. The summed E-state index contributed by atoms with van der Waals surface area (Å²) in [5.74, 6) is 0.863. The quantitative estimate of drug-likeness (QED) is 0.815. The third kappa shape index (κ3) is 4.21. The molecular formula is C16H22N2O. The van der Waals surface area contributed by atoms with E-state index in [1.807, 2.05) is 13.0 Å². The predicted octanol–water partition coefficient (Wildman–Crippen LogP) is 4.00. The second kappa shape index (κ2) is 7.10. The highest BCUT2D eigenvalue weighted by Gasteiger charge is 2.11. The second-order valence-corrected chi connectivity index (χ2v) is 4.92. The summed E-state index contributed by atoms with van der Waals surface area (Å²) in [5.41, 5.74) is 2.31. The van der Waals surface area contributed by atoms with Crippen molar-refractivity contribution >= 4 is 0 Å². The SMILES string of the molecule is CCCCC(NCc1cc(C)on1)c1ccccc1. The van der Waals surface area contributed by atoms with Gasteiger partial charge in [-0.2, -0.15) is 0 Å². The van der Waals surface area contributed by atoms with Gasteiger partial charge in [0.2, 0.25) is 0 Å². The van der Waals surface area contributed by atoms with Gasteiger partial charge in [0.1, 0.15) is 5.76 Å². The molecule has 1 heterocycles. The molecule has 0 bridgehead atoms. The van der Waals surface area contributed by atoms with Gasteiger partial charge in [-0.1, -0.05) is 55.3 Å². The molecule has 1 N–H and O–H groups in total. The van der Waals surface area contributed by atoms with Gasteiger partial charge in [-0.15, -0.1) is 0 Å². The highest BCUT2D eigenvalue weighted by atomic mass is 16.5. The Morgan fingerprint density at radius 2 is 2.05 bits per heavy atom. The van der Waals surface area contributed by atoms with Crippen LogP contribution in [0.5, 0.6) is 0 Å². The lowest BCUT2D eigenvalue weighted by atomic mass is 10.0. The van der Waals surface area contributed by atoms with Crippen molar-refractivity contribution in [2.75, 3.05) is 0 Å². The predicted molar refractivity (Wildman–Crippen MR) is 76.8 cm³/mol. The summed E-state index contributed by atoms with van der Waals surface area (Å²) in [7, 11) is 0. The molecule has 0 saturated carbocycles. The van der Waals surface area contributed by atoms with Crippen molar-refractivity contribution in [2.45, 2.75) is 45.7 Å².